The topological polar surface area (TPSA) is 29.5 Å². The molecular weight excluding hydrogens is 224 g/mol. The minimum Gasteiger partial charge on any atom is -0.496 e. The Labute approximate surface area is 110 Å². The van der Waals surface area contributed by atoms with Crippen LogP contribution in [0.4, 0.5) is 0 Å². The van der Waals surface area contributed by atoms with Gasteiger partial charge in [-0.2, -0.15) is 0 Å². The van der Waals surface area contributed by atoms with Crippen LogP contribution in [0.15, 0.2) is 12.1 Å². The lowest BCUT2D eigenvalue weighted by molar-refractivity contribution is 0.0383. The van der Waals surface area contributed by atoms with Crippen LogP contribution in [0.5, 0.6) is 5.75 Å². The molecule has 0 spiro atoms. The molecule has 0 bridgehead atoms. The van der Waals surface area contributed by atoms with E-state index in [-0.39, 0.29) is 5.41 Å². The lowest BCUT2D eigenvalue weighted by atomic mass is 9.77. The predicted octanol–water partition coefficient (Wildman–Crippen LogP) is 3.93. The first kappa shape index (κ1) is 13.4. The zero-order chi connectivity index (χ0) is 13.3. The normalized spacial score (nSPS) is 19.8. The van der Waals surface area contributed by atoms with Crippen molar-refractivity contribution in [3.05, 3.63) is 28.8 Å². The second-order valence-electron chi connectivity index (χ2n) is 5.96. The molecular formula is C16H24O2. The number of aliphatic hydroxyl groups is 1. The van der Waals surface area contributed by atoms with Crippen LogP contribution in [0, 0.1) is 19.3 Å². The Kier molecular flexibility index (Phi) is 3.67. The molecule has 18 heavy (non-hydrogen) atoms. The van der Waals surface area contributed by atoms with Crippen molar-refractivity contribution in [2.45, 2.75) is 52.6 Å². The maximum absolute atomic E-state index is 10.8. The summed E-state index contributed by atoms with van der Waals surface area (Å²) in [7, 11) is 1.68. The van der Waals surface area contributed by atoms with Gasteiger partial charge in [-0.3, -0.25) is 0 Å². The van der Waals surface area contributed by atoms with E-state index in [2.05, 4.69) is 26.8 Å². The molecule has 1 N–H and O–H groups in total. The summed E-state index contributed by atoms with van der Waals surface area (Å²) in [5.74, 6) is 0.827. The van der Waals surface area contributed by atoms with Gasteiger partial charge in [0, 0.05) is 5.56 Å². The van der Waals surface area contributed by atoms with E-state index in [0.717, 1.165) is 29.7 Å². The summed E-state index contributed by atoms with van der Waals surface area (Å²) < 4.78 is 5.47. The van der Waals surface area contributed by atoms with E-state index in [9.17, 15) is 5.11 Å². The Balaban J connectivity index is 2.43. The highest BCUT2D eigenvalue weighted by Crippen LogP contribution is 2.49. The summed E-state index contributed by atoms with van der Waals surface area (Å²) in [4.78, 5) is 0. The highest BCUT2D eigenvalue weighted by Gasteiger charge is 2.38. The molecule has 1 aromatic rings. The van der Waals surface area contributed by atoms with E-state index in [1.165, 1.54) is 18.4 Å². The standard InChI is InChI=1S/C16H24O2/c1-11-9-12(2)14(13(10-11)18-4)15(17)16(3)7-5-6-8-16/h9-10,15,17H,5-8H2,1-4H3. The van der Waals surface area contributed by atoms with Crippen LogP contribution >= 0.6 is 0 Å². The summed E-state index contributed by atoms with van der Waals surface area (Å²) in [5, 5.41) is 10.8. The Bertz CT molecular complexity index is 431. The number of hydrogen-bond acceptors (Lipinski definition) is 2. The molecule has 0 amide bonds. The fraction of sp³-hybridized carbons (Fsp3) is 0.625. The van der Waals surface area contributed by atoms with Gasteiger partial charge in [-0.25, -0.2) is 0 Å². The van der Waals surface area contributed by atoms with Crippen LogP contribution in [0.1, 0.15) is 55.4 Å². The lowest BCUT2D eigenvalue weighted by Gasteiger charge is -2.32. The number of methoxy groups -OCH3 is 1. The van der Waals surface area contributed by atoms with Gasteiger partial charge in [0.2, 0.25) is 0 Å². The fourth-order valence-electron chi connectivity index (χ4n) is 3.26. The molecule has 2 heteroatoms. The quantitative estimate of drug-likeness (QED) is 0.878. The molecule has 100 valence electrons. The van der Waals surface area contributed by atoms with Crippen molar-refractivity contribution >= 4 is 0 Å². The van der Waals surface area contributed by atoms with Gasteiger partial charge in [-0.15, -0.1) is 0 Å². The zero-order valence-electron chi connectivity index (χ0n) is 11.9. The summed E-state index contributed by atoms with van der Waals surface area (Å²) in [6, 6.07) is 4.14. The van der Waals surface area contributed by atoms with Gasteiger partial charge < -0.3 is 9.84 Å². The fourth-order valence-corrected chi connectivity index (χ4v) is 3.26. The van der Waals surface area contributed by atoms with Gasteiger partial charge in [-0.1, -0.05) is 25.8 Å². The highest BCUT2D eigenvalue weighted by molar-refractivity contribution is 5.45. The Hall–Kier alpha value is -1.02. The van der Waals surface area contributed by atoms with Crippen LogP contribution in [-0.2, 0) is 0 Å². The van der Waals surface area contributed by atoms with Crippen molar-refractivity contribution in [2.75, 3.05) is 7.11 Å². The Morgan fingerprint density at radius 1 is 1.22 bits per heavy atom. The van der Waals surface area contributed by atoms with E-state index < -0.39 is 6.10 Å². The predicted molar refractivity (Wildman–Crippen MR) is 74.0 cm³/mol. The summed E-state index contributed by atoms with van der Waals surface area (Å²) >= 11 is 0. The molecule has 1 aromatic carbocycles. The first-order chi connectivity index (χ1) is 8.48. The molecule has 1 fully saturated rings. The molecule has 0 aliphatic heterocycles. The second-order valence-corrected chi connectivity index (χ2v) is 5.96. The molecule has 0 radical (unpaired) electrons. The van der Waals surface area contributed by atoms with Crippen LogP contribution in [0.2, 0.25) is 0 Å². The third-order valence-corrected chi connectivity index (χ3v) is 4.39. The maximum atomic E-state index is 10.8. The van der Waals surface area contributed by atoms with Crippen molar-refractivity contribution in [1.29, 1.82) is 0 Å². The van der Waals surface area contributed by atoms with Crippen molar-refractivity contribution in [3.8, 4) is 5.75 Å². The van der Waals surface area contributed by atoms with Crippen LogP contribution in [0.25, 0.3) is 0 Å². The van der Waals surface area contributed by atoms with E-state index in [1.54, 1.807) is 7.11 Å². The number of ether oxygens (including phenoxy) is 1. The van der Waals surface area contributed by atoms with Gasteiger partial charge in [-0.05, 0) is 49.3 Å². The smallest absolute Gasteiger partial charge is 0.125 e. The van der Waals surface area contributed by atoms with Crippen molar-refractivity contribution < 1.29 is 9.84 Å². The van der Waals surface area contributed by atoms with Crippen molar-refractivity contribution in [1.82, 2.24) is 0 Å². The molecule has 0 aromatic heterocycles. The molecule has 2 rings (SSSR count). The van der Waals surface area contributed by atoms with E-state index in [0.29, 0.717) is 0 Å². The largest absolute Gasteiger partial charge is 0.496 e. The molecule has 1 aliphatic rings. The van der Waals surface area contributed by atoms with Gasteiger partial charge in [0.25, 0.3) is 0 Å². The van der Waals surface area contributed by atoms with E-state index in [1.807, 2.05) is 6.07 Å². The molecule has 1 saturated carbocycles. The maximum Gasteiger partial charge on any atom is 0.125 e. The lowest BCUT2D eigenvalue weighted by Crippen LogP contribution is -2.23. The number of rotatable bonds is 3. The molecule has 0 heterocycles. The van der Waals surface area contributed by atoms with Gasteiger partial charge in [0.15, 0.2) is 0 Å². The van der Waals surface area contributed by atoms with Crippen molar-refractivity contribution in [2.24, 2.45) is 5.41 Å². The number of aliphatic hydroxyl groups excluding tert-OH is 1. The van der Waals surface area contributed by atoms with Crippen LogP contribution < -0.4 is 4.74 Å². The number of aryl methyl sites for hydroxylation is 2. The molecule has 1 unspecified atom stereocenters. The minimum atomic E-state index is -0.421. The molecule has 1 aliphatic carbocycles. The van der Waals surface area contributed by atoms with E-state index >= 15 is 0 Å². The third kappa shape index (κ3) is 2.26. The molecule has 0 saturated heterocycles. The van der Waals surface area contributed by atoms with E-state index in [4.69, 9.17) is 4.74 Å². The first-order valence-electron chi connectivity index (χ1n) is 6.81. The van der Waals surface area contributed by atoms with Gasteiger partial charge in [0.05, 0.1) is 13.2 Å². The number of hydrogen-bond donors (Lipinski definition) is 1. The van der Waals surface area contributed by atoms with Gasteiger partial charge >= 0.3 is 0 Å². The Morgan fingerprint density at radius 3 is 2.39 bits per heavy atom. The average Bonchev–Trinajstić information content (AvgIpc) is 2.75. The number of benzene rings is 1. The molecule has 2 nitrogen and oxygen atoms in total. The zero-order valence-corrected chi connectivity index (χ0v) is 11.9. The van der Waals surface area contributed by atoms with Crippen LogP contribution in [0.3, 0.4) is 0 Å². The third-order valence-electron chi connectivity index (χ3n) is 4.39. The second kappa shape index (κ2) is 4.93. The first-order valence-corrected chi connectivity index (χ1v) is 6.81. The van der Waals surface area contributed by atoms with Crippen LogP contribution in [-0.4, -0.2) is 12.2 Å². The Morgan fingerprint density at radius 2 is 1.83 bits per heavy atom. The monoisotopic (exact) mass is 248 g/mol. The summed E-state index contributed by atoms with van der Waals surface area (Å²) in [6.45, 7) is 6.32. The highest BCUT2D eigenvalue weighted by atomic mass is 16.5. The average molecular weight is 248 g/mol. The summed E-state index contributed by atoms with van der Waals surface area (Å²) in [5.41, 5.74) is 3.30. The minimum absolute atomic E-state index is 0.00724. The van der Waals surface area contributed by atoms with Crippen molar-refractivity contribution in [3.63, 3.8) is 0 Å². The SMILES string of the molecule is COc1cc(C)cc(C)c1C(O)C1(C)CCCC1. The molecule has 1 atom stereocenters. The summed E-state index contributed by atoms with van der Waals surface area (Å²) in [6.07, 6.45) is 4.23. The van der Waals surface area contributed by atoms with Gasteiger partial charge in [0.1, 0.15) is 5.75 Å².